The minimum atomic E-state index is 0.439. The molecule has 0 amide bonds. The zero-order valence-corrected chi connectivity index (χ0v) is 13.9. The van der Waals surface area contributed by atoms with E-state index in [1.54, 1.807) is 18.5 Å². The highest BCUT2D eigenvalue weighted by atomic mass is 79.9. The predicted octanol–water partition coefficient (Wildman–Crippen LogP) is 4.94. The van der Waals surface area contributed by atoms with Crippen LogP contribution in [0.4, 0.5) is 5.69 Å². The van der Waals surface area contributed by atoms with Crippen LogP contribution in [0.3, 0.4) is 0 Å². The Morgan fingerprint density at radius 1 is 1.47 bits per heavy atom. The van der Waals surface area contributed by atoms with Crippen LogP contribution in [0.1, 0.15) is 0 Å². The van der Waals surface area contributed by atoms with Crippen molar-refractivity contribution in [1.82, 2.24) is 5.32 Å². The molecule has 0 aliphatic heterocycles. The molecule has 0 aromatic heterocycles. The van der Waals surface area contributed by atoms with E-state index in [2.05, 4.69) is 42.2 Å². The van der Waals surface area contributed by atoms with E-state index in [1.165, 1.54) is 11.8 Å². The van der Waals surface area contributed by atoms with Crippen LogP contribution >= 0.6 is 66.8 Å². The first kappa shape index (κ1) is 15.1. The summed E-state index contributed by atoms with van der Waals surface area (Å²) in [6, 6.07) is 1.65. The van der Waals surface area contributed by atoms with Crippen LogP contribution in [-0.2, 0) is 0 Å². The van der Waals surface area contributed by atoms with Crippen molar-refractivity contribution in [1.29, 1.82) is 5.26 Å². The van der Waals surface area contributed by atoms with Crippen LogP contribution in [0.2, 0.25) is 10.0 Å². The maximum absolute atomic E-state index is 8.54. The Bertz CT molecular complexity index is 514. The molecule has 0 aliphatic carbocycles. The van der Waals surface area contributed by atoms with Crippen molar-refractivity contribution in [2.75, 3.05) is 6.26 Å². The molecule has 0 atom stereocenters. The average Bonchev–Trinajstić information content (AvgIpc) is 2.32. The van der Waals surface area contributed by atoms with E-state index in [9.17, 15) is 0 Å². The number of hydrogen-bond donors (Lipinski definition) is 1. The van der Waals surface area contributed by atoms with Crippen molar-refractivity contribution < 1.29 is 0 Å². The van der Waals surface area contributed by atoms with Gasteiger partial charge in [-0.05, 0) is 44.2 Å². The van der Waals surface area contributed by atoms with Crippen LogP contribution in [0.15, 0.2) is 20.0 Å². The molecule has 17 heavy (non-hydrogen) atoms. The van der Waals surface area contributed by atoms with Crippen LogP contribution < -0.4 is 5.32 Å². The molecule has 0 radical (unpaired) electrons. The third kappa shape index (κ3) is 3.76. The lowest BCUT2D eigenvalue weighted by atomic mass is 10.3. The number of rotatable bonds is 1. The van der Waals surface area contributed by atoms with Gasteiger partial charge in [0.15, 0.2) is 11.4 Å². The number of hydrogen-bond acceptors (Lipinski definition) is 3. The zero-order valence-electron chi connectivity index (χ0n) is 8.39. The van der Waals surface area contributed by atoms with E-state index >= 15 is 0 Å². The smallest absolute Gasteiger partial charge is 0.183 e. The number of thioether (sulfide) groups is 1. The molecule has 3 nitrogen and oxygen atoms in total. The monoisotopic (exact) mass is 415 g/mol. The van der Waals surface area contributed by atoms with Crippen molar-refractivity contribution in [3.8, 4) is 6.19 Å². The van der Waals surface area contributed by atoms with Crippen molar-refractivity contribution in [3.63, 3.8) is 0 Å². The van der Waals surface area contributed by atoms with Gasteiger partial charge < -0.3 is 0 Å². The molecule has 1 N–H and O–H groups in total. The molecule has 0 bridgehead atoms. The fourth-order valence-corrected chi connectivity index (χ4v) is 2.69. The summed E-state index contributed by atoms with van der Waals surface area (Å²) >= 11 is 19.9. The number of nitrogens with one attached hydrogen (secondary N) is 1. The maximum atomic E-state index is 8.54. The minimum absolute atomic E-state index is 0.439. The fraction of sp³-hybridized carbons (Fsp3) is 0.111. The zero-order chi connectivity index (χ0) is 13.0. The average molecular weight is 418 g/mol. The van der Waals surface area contributed by atoms with E-state index in [1.807, 2.05) is 0 Å². The van der Waals surface area contributed by atoms with E-state index in [4.69, 9.17) is 28.5 Å². The largest absolute Gasteiger partial charge is 0.271 e. The lowest BCUT2D eigenvalue weighted by molar-refractivity contribution is 1.28. The summed E-state index contributed by atoms with van der Waals surface area (Å²) in [4.78, 5) is 4.24. The summed E-state index contributed by atoms with van der Waals surface area (Å²) in [5.41, 5.74) is 0.551. The maximum Gasteiger partial charge on any atom is 0.183 e. The molecule has 0 saturated heterocycles. The number of amidine groups is 1. The topological polar surface area (TPSA) is 48.2 Å². The predicted molar refractivity (Wildman–Crippen MR) is 81.2 cm³/mol. The minimum Gasteiger partial charge on any atom is -0.271 e. The summed E-state index contributed by atoms with van der Waals surface area (Å²) < 4.78 is 1.22. The number of aliphatic imine (C=N–C) groups is 1. The fourth-order valence-electron chi connectivity index (χ4n) is 0.924. The van der Waals surface area contributed by atoms with Gasteiger partial charge in [-0.3, -0.25) is 5.32 Å². The van der Waals surface area contributed by atoms with Crippen molar-refractivity contribution in [3.05, 3.63) is 25.1 Å². The lowest BCUT2D eigenvalue weighted by Crippen LogP contribution is -2.12. The Morgan fingerprint density at radius 3 is 2.65 bits per heavy atom. The second-order valence-corrected chi connectivity index (χ2v) is 5.84. The van der Waals surface area contributed by atoms with E-state index < -0.39 is 0 Å². The van der Waals surface area contributed by atoms with Crippen molar-refractivity contribution >= 4 is 77.7 Å². The van der Waals surface area contributed by atoms with Crippen LogP contribution in [0.5, 0.6) is 0 Å². The number of benzene rings is 1. The quantitative estimate of drug-likeness (QED) is 0.176. The van der Waals surface area contributed by atoms with Gasteiger partial charge in [-0.25, -0.2) is 4.99 Å². The van der Waals surface area contributed by atoms with Crippen LogP contribution in [0.25, 0.3) is 0 Å². The van der Waals surface area contributed by atoms with Gasteiger partial charge in [0.05, 0.1) is 24.7 Å². The Kier molecular flexibility index (Phi) is 6.10. The first-order valence-corrected chi connectivity index (χ1v) is 7.68. The molecule has 0 heterocycles. The highest BCUT2D eigenvalue weighted by Crippen LogP contribution is 2.42. The number of halogens is 4. The van der Waals surface area contributed by atoms with Crippen LogP contribution in [-0.4, -0.2) is 11.4 Å². The molecule has 0 aliphatic rings. The van der Waals surface area contributed by atoms with Gasteiger partial charge in [0.2, 0.25) is 0 Å². The third-order valence-electron chi connectivity index (χ3n) is 1.66. The molecule has 90 valence electrons. The second-order valence-electron chi connectivity index (χ2n) is 2.68. The third-order valence-corrected chi connectivity index (χ3v) is 5.23. The molecule has 8 heteroatoms. The SMILES string of the molecule is CSC(=Nc1cc(Cl)c(Br)c(Cl)c1Br)NC#N. The van der Waals surface area contributed by atoms with Crippen molar-refractivity contribution in [2.45, 2.75) is 0 Å². The number of nitrogens with zero attached hydrogens (tertiary/aromatic N) is 2. The molecule has 0 saturated carbocycles. The Hall–Kier alpha value is 0.0700. The Morgan fingerprint density at radius 2 is 2.12 bits per heavy atom. The van der Waals surface area contributed by atoms with Crippen LogP contribution in [0, 0.1) is 11.5 Å². The highest BCUT2D eigenvalue weighted by molar-refractivity contribution is 9.11. The van der Waals surface area contributed by atoms with Gasteiger partial charge in [-0.15, -0.1) is 0 Å². The standard InChI is InChI=1S/C9H5Br2Cl2N3S/c1-17-9(15-3-14)16-5-2-4(12)6(10)8(13)7(5)11/h2H,1H3,(H,15,16). The molecule has 0 spiro atoms. The summed E-state index contributed by atoms with van der Waals surface area (Å²) in [7, 11) is 0. The normalized spacial score (nSPS) is 11.2. The molecule has 0 fully saturated rings. The highest BCUT2D eigenvalue weighted by Gasteiger charge is 2.12. The second kappa shape index (κ2) is 6.86. The van der Waals surface area contributed by atoms with Gasteiger partial charge in [0.1, 0.15) is 0 Å². The van der Waals surface area contributed by atoms with E-state index in [-0.39, 0.29) is 0 Å². The molecule has 0 unspecified atom stereocenters. The Balaban J connectivity index is 3.29. The summed E-state index contributed by atoms with van der Waals surface area (Å²) in [6.45, 7) is 0. The van der Waals surface area contributed by atoms with Gasteiger partial charge in [0, 0.05) is 0 Å². The van der Waals surface area contributed by atoms with Crippen molar-refractivity contribution in [2.24, 2.45) is 4.99 Å². The van der Waals surface area contributed by atoms with Gasteiger partial charge in [0.25, 0.3) is 0 Å². The molecule has 1 aromatic carbocycles. The van der Waals surface area contributed by atoms with E-state index in [0.29, 0.717) is 29.8 Å². The Labute approximate surface area is 130 Å². The molecule has 1 rings (SSSR count). The molecular formula is C9H5Br2Cl2N3S. The molecular weight excluding hydrogens is 413 g/mol. The van der Waals surface area contributed by atoms with Gasteiger partial charge in [-0.2, -0.15) is 5.26 Å². The first-order chi connectivity index (χ1) is 8.01. The summed E-state index contributed by atoms with van der Waals surface area (Å²) in [5.74, 6) is 0. The molecule has 1 aromatic rings. The van der Waals surface area contributed by atoms with Gasteiger partial charge in [-0.1, -0.05) is 35.0 Å². The summed E-state index contributed by atoms with van der Waals surface area (Å²) in [6.07, 6.45) is 3.61. The lowest BCUT2D eigenvalue weighted by Gasteiger charge is -2.07. The summed E-state index contributed by atoms with van der Waals surface area (Å²) in [5, 5.41) is 12.4. The number of nitriles is 1. The van der Waals surface area contributed by atoms with Gasteiger partial charge >= 0.3 is 0 Å². The first-order valence-electron chi connectivity index (χ1n) is 4.12. The van der Waals surface area contributed by atoms with E-state index in [0.717, 1.165) is 0 Å².